The average Bonchev–Trinajstić information content (AvgIpc) is 2.72. The van der Waals surface area contributed by atoms with Crippen molar-refractivity contribution in [2.45, 2.75) is 26.2 Å². The Morgan fingerprint density at radius 1 is 1.17 bits per heavy atom. The number of benzene rings is 1. The van der Waals surface area contributed by atoms with E-state index in [4.69, 9.17) is 5.73 Å². The van der Waals surface area contributed by atoms with Crippen molar-refractivity contribution in [1.29, 1.82) is 0 Å². The van der Waals surface area contributed by atoms with E-state index in [0.717, 1.165) is 36.5 Å². The zero-order valence-electron chi connectivity index (χ0n) is 11.1. The van der Waals surface area contributed by atoms with Gasteiger partial charge in [-0.2, -0.15) is 5.10 Å². The van der Waals surface area contributed by atoms with Crippen LogP contribution in [-0.2, 0) is 19.9 Å². The van der Waals surface area contributed by atoms with Crippen LogP contribution in [0.4, 0.5) is 0 Å². The van der Waals surface area contributed by atoms with Crippen LogP contribution in [0.1, 0.15) is 24.7 Å². The van der Waals surface area contributed by atoms with Crippen LogP contribution in [0, 0.1) is 0 Å². The molecule has 0 spiro atoms. The number of nitrogens with two attached hydrogens (primary N) is 1. The first-order chi connectivity index (χ1) is 8.74. The maximum absolute atomic E-state index is 5.54. The molecule has 96 valence electrons. The van der Waals surface area contributed by atoms with Gasteiger partial charge in [0.2, 0.25) is 0 Å². The highest BCUT2D eigenvalue weighted by Crippen LogP contribution is 2.18. The Morgan fingerprint density at radius 3 is 2.50 bits per heavy atom. The molecule has 0 aliphatic heterocycles. The van der Waals surface area contributed by atoms with Crippen molar-refractivity contribution < 1.29 is 0 Å². The van der Waals surface area contributed by atoms with Gasteiger partial charge in [-0.05, 0) is 24.9 Å². The van der Waals surface area contributed by atoms with Crippen molar-refractivity contribution in [3.05, 3.63) is 35.7 Å². The molecular weight excluding hydrogens is 224 g/mol. The molecule has 0 atom stereocenters. The van der Waals surface area contributed by atoms with E-state index in [1.807, 2.05) is 11.7 Å². The van der Waals surface area contributed by atoms with Crippen molar-refractivity contribution in [3.8, 4) is 11.4 Å². The van der Waals surface area contributed by atoms with Gasteiger partial charge in [0.15, 0.2) is 11.6 Å². The molecule has 0 saturated heterocycles. The topological polar surface area (TPSA) is 56.7 Å². The molecule has 1 heterocycles. The van der Waals surface area contributed by atoms with Crippen LogP contribution in [0.3, 0.4) is 0 Å². The van der Waals surface area contributed by atoms with E-state index in [0.29, 0.717) is 6.54 Å². The molecule has 2 rings (SSSR count). The van der Waals surface area contributed by atoms with E-state index in [-0.39, 0.29) is 0 Å². The molecule has 4 heteroatoms. The Balaban J connectivity index is 2.24. The molecule has 0 radical (unpaired) electrons. The minimum absolute atomic E-state index is 0.684. The molecule has 1 aromatic carbocycles. The van der Waals surface area contributed by atoms with Gasteiger partial charge in [0.25, 0.3) is 0 Å². The molecule has 2 aromatic rings. The van der Waals surface area contributed by atoms with Gasteiger partial charge < -0.3 is 5.73 Å². The zero-order valence-corrected chi connectivity index (χ0v) is 11.1. The normalized spacial score (nSPS) is 10.8. The standard InChI is InChI=1S/C14H20N4/c1-3-4-13-16-14(18(2)17-13)12-7-5-11(6-8-12)9-10-15/h5-8H,3-4,9-10,15H2,1-2H3. The second kappa shape index (κ2) is 5.78. The molecular formula is C14H20N4. The van der Waals surface area contributed by atoms with Crippen LogP contribution in [0.15, 0.2) is 24.3 Å². The molecule has 0 bridgehead atoms. The summed E-state index contributed by atoms with van der Waals surface area (Å²) in [4.78, 5) is 4.57. The third-order valence-corrected chi connectivity index (χ3v) is 2.93. The number of nitrogens with zero attached hydrogens (tertiary/aromatic N) is 3. The lowest BCUT2D eigenvalue weighted by Gasteiger charge is -2.02. The summed E-state index contributed by atoms with van der Waals surface area (Å²) >= 11 is 0. The third-order valence-electron chi connectivity index (χ3n) is 2.93. The average molecular weight is 244 g/mol. The molecule has 2 N–H and O–H groups in total. The molecule has 0 fully saturated rings. The summed E-state index contributed by atoms with van der Waals surface area (Å²) in [7, 11) is 1.94. The summed E-state index contributed by atoms with van der Waals surface area (Å²) in [5.41, 5.74) is 7.91. The fourth-order valence-corrected chi connectivity index (χ4v) is 2.01. The first kappa shape index (κ1) is 12.8. The fraction of sp³-hybridized carbons (Fsp3) is 0.429. The van der Waals surface area contributed by atoms with Crippen molar-refractivity contribution in [1.82, 2.24) is 14.8 Å². The molecule has 0 unspecified atom stereocenters. The van der Waals surface area contributed by atoms with Crippen LogP contribution in [0.5, 0.6) is 0 Å². The van der Waals surface area contributed by atoms with Gasteiger partial charge in [-0.15, -0.1) is 0 Å². The van der Waals surface area contributed by atoms with Crippen LogP contribution in [0.2, 0.25) is 0 Å². The van der Waals surface area contributed by atoms with Gasteiger partial charge in [-0.1, -0.05) is 31.2 Å². The van der Waals surface area contributed by atoms with Gasteiger partial charge in [-0.25, -0.2) is 9.67 Å². The lowest BCUT2D eigenvalue weighted by atomic mass is 10.1. The number of aromatic nitrogens is 3. The molecule has 4 nitrogen and oxygen atoms in total. The Kier molecular flexibility index (Phi) is 4.10. The highest BCUT2D eigenvalue weighted by atomic mass is 15.3. The summed E-state index contributed by atoms with van der Waals surface area (Å²) < 4.78 is 1.85. The molecule has 0 saturated carbocycles. The Labute approximate surface area is 108 Å². The first-order valence-electron chi connectivity index (χ1n) is 6.44. The lowest BCUT2D eigenvalue weighted by molar-refractivity contribution is 0.737. The molecule has 1 aromatic heterocycles. The predicted molar refractivity (Wildman–Crippen MR) is 73.2 cm³/mol. The quantitative estimate of drug-likeness (QED) is 0.874. The van der Waals surface area contributed by atoms with Crippen LogP contribution in [-0.4, -0.2) is 21.3 Å². The van der Waals surface area contributed by atoms with E-state index < -0.39 is 0 Å². The minimum atomic E-state index is 0.684. The van der Waals surface area contributed by atoms with Crippen LogP contribution < -0.4 is 5.73 Å². The van der Waals surface area contributed by atoms with E-state index in [2.05, 4.69) is 41.3 Å². The van der Waals surface area contributed by atoms with Crippen molar-refractivity contribution in [2.75, 3.05) is 6.54 Å². The second-order valence-electron chi connectivity index (χ2n) is 4.46. The zero-order chi connectivity index (χ0) is 13.0. The predicted octanol–water partition coefficient (Wildman–Crippen LogP) is 1.94. The maximum Gasteiger partial charge on any atom is 0.158 e. The molecule has 0 amide bonds. The smallest absolute Gasteiger partial charge is 0.158 e. The Hall–Kier alpha value is -1.68. The van der Waals surface area contributed by atoms with E-state index in [1.165, 1.54) is 5.56 Å². The second-order valence-corrected chi connectivity index (χ2v) is 4.46. The van der Waals surface area contributed by atoms with Gasteiger partial charge in [0, 0.05) is 19.0 Å². The summed E-state index contributed by atoms with van der Waals surface area (Å²) in [5.74, 6) is 1.85. The number of hydrogen-bond donors (Lipinski definition) is 1. The van der Waals surface area contributed by atoms with Gasteiger partial charge >= 0.3 is 0 Å². The van der Waals surface area contributed by atoms with E-state index in [9.17, 15) is 0 Å². The van der Waals surface area contributed by atoms with Crippen molar-refractivity contribution in [2.24, 2.45) is 12.8 Å². The third kappa shape index (κ3) is 2.76. The van der Waals surface area contributed by atoms with Crippen molar-refractivity contribution >= 4 is 0 Å². The van der Waals surface area contributed by atoms with E-state index in [1.54, 1.807) is 0 Å². The Morgan fingerprint density at radius 2 is 1.89 bits per heavy atom. The largest absolute Gasteiger partial charge is 0.330 e. The highest BCUT2D eigenvalue weighted by molar-refractivity contribution is 5.55. The Bertz CT molecular complexity index is 499. The summed E-state index contributed by atoms with van der Waals surface area (Å²) in [6.07, 6.45) is 2.91. The van der Waals surface area contributed by atoms with Gasteiger partial charge in [0.05, 0.1) is 0 Å². The van der Waals surface area contributed by atoms with Crippen molar-refractivity contribution in [3.63, 3.8) is 0 Å². The van der Waals surface area contributed by atoms with Crippen LogP contribution >= 0.6 is 0 Å². The maximum atomic E-state index is 5.54. The lowest BCUT2D eigenvalue weighted by Crippen LogP contribution is -2.02. The van der Waals surface area contributed by atoms with Gasteiger partial charge in [0.1, 0.15) is 0 Å². The van der Waals surface area contributed by atoms with Gasteiger partial charge in [-0.3, -0.25) is 0 Å². The minimum Gasteiger partial charge on any atom is -0.330 e. The molecule has 18 heavy (non-hydrogen) atoms. The number of aryl methyl sites for hydroxylation is 2. The van der Waals surface area contributed by atoms with E-state index >= 15 is 0 Å². The highest BCUT2D eigenvalue weighted by Gasteiger charge is 2.08. The SMILES string of the molecule is CCCc1nc(-c2ccc(CCN)cc2)n(C)n1. The summed E-state index contributed by atoms with van der Waals surface area (Å²) in [6.45, 7) is 2.82. The summed E-state index contributed by atoms with van der Waals surface area (Å²) in [6, 6.07) is 8.39. The fourth-order valence-electron chi connectivity index (χ4n) is 2.01. The number of rotatable bonds is 5. The first-order valence-corrected chi connectivity index (χ1v) is 6.44. The molecule has 0 aliphatic carbocycles. The molecule has 0 aliphatic rings. The monoisotopic (exact) mass is 244 g/mol. The number of hydrogen-bond acceptors (Lipinski definition) is 3. The van der Waals surface area contributed by atoms with Crippen LogP contribution in [0.25, 0.3) is 11.4 Å². The summed E-state index contributed by atoms with van der Waals surface area (Å²) in [5, 5.41) is 4.42.